The number of aliphatic imine (C=N–C) groups is 2. The molecule has 2 atom stereocenters. The van der Waals surface area contributed by atoms with Gasteiger partial charge in [-0.2, -0.15) is 0 Å². The molecule has 2 aromatic rings. The molecule has 8 heteroatoms. The van der Waals surface area contributed by atoms with E-state index in [4.69, 9.17) is 9.98 Å². The fourth-order valence-electron chi connectivity index (χ4n) is 7.00. The van der Waals surface area contributed by atoms with Crippen LogP contribution in [0.1, 0.15) is 162 Å². The Kier molecular flexibility index (Phi) is 20.5. The fourth-order valence-corrected chi connectivity index (χ4v) is 8.76. The molecule has 1 saturated carbocycles. The van der Waals surface area contributed by atoms with Crippen LogP contribution < -0.4 is 0 Å². The number of phenolic OH excluding ortho intramolecular Hbond substituents is 2. The van der Waals surface area contributed by atoms with Gasteiger partial charge in [0.1, 0.15) is 11.5 Å². The molecule has 0 aromatic heterocycles. The monoisotopic (exact) mass is 1110 g/mol. The molecule has 0 aliphatic heterocycles. The second-order valence-electron chi connectivity index (χ2n) is 14.1. The molecule has 2 N–H and O–H groups in total. The zero-order valence-electron chi connectivity index (χ0n) is 29.5. The molecule has 0 bridgehead atoms. The number of aromatic hydroxyl groups is 2. The highest BCUT2D eigenvalue weighted by Gasteiger charge is 2.25. The Morgan fingerprint density at radius 3 is 1.23 bits per heavy atom. The summed E-state index contributed by atoms with van der Waals surface area (Å²) in [7, 11) is 0. The number of benzene rings is 2. The van der Waals surface area contributed by atoms with Crippen LogP contribution in [-0.2, 0) is 0 Å². The lowest BCUT2D eigenvalue weighted by Gasteiger charge is -2.26. The SMILES string of the molecule is CC(C)c1cc(C(CCCI)CCCI)cc(C=N[C@H]2CCCC[C@@H]2N=Cc2cc(C(CCCI)CCCI)cc(C(C)C)c2O)c1O. The summed E-state index contributed by atoms with van der Waals surface area (Å²) in [6.07, 6.45) is 17.7. The summed E-state index contributed by atoms with van der Waals surface area (Å²) >= 11 is 9.95. The number of rotatable bonds is 20. The van der Waals surface area contributed by atoms with Crippen LogP contribution in [0.3, 0.4) is 0 Å². The van der Waals surface area contributed by atoms with E-state index in [1.54, 1.807) is 0 Å². The second kappa shape index (κ2) is 23.1. The van der Waals surface area contributed by atoms with Crippen molar-refractivity contribution < 1.29 is 10.2 Å². The molecule has 4 nitrogen and oxygen atoms in total. The summed E-state index contributed by atoms with van der Waals surface area (Å²) in [5.41, 5.74) is 6.42. The Balaban J connectivity index is 1.95. The topological polar surface area (TPSA) is 65.2 Å². The van der Waals surface area contributed by atoms with E-state index in [0.29, 0.717) is 23.3 Å². The Bertz CT molecular complexity index is 1200. The first kappa shape index (κ1) is 42.7. The predicted molar refractivity (Wildman–Crippen MR) is 244 cm³/mol. The van der Waals surface area contributed by atoms with Crippen molar-refractivity contribution in [3.63, 3.8) is 0 Å². The van der Waals surface area contributed by atoms with Crippen LogP contribution in [0.4, 0.5) is 0 Å². The maximum absolute atomic E-state index is 11.4. The lowest BCUT2D eigenvalue weighted by atomic mass is 9.86. The van der Waals surface area contributed by atoms with E-state index >= 15 is 0 Å². The Labute approximate surface area is 346 Å². The van der Waals surface area contributed by atoms with Crippen molar-refractivity contribution in [2.45, 2.75) is 141 Å². The minimum atomic E-state index is 0.0596. The molecule has 1 aliphatic carbocycles. The van der Waals surface area contributed by atoms with Gasteiger partial charge in [0.05, 0.1) is 12.1 Å². The van der Waals surface area contributed by atoms with Gasteiger partial charge in [0, 0.05) is 23.6 Å². The van der Waals surface area contributed by atoms with Crippen LogP contribution >= 0.6 is 90.4 Å². The quantitative estimate of drug-likeness (QED) is 0.0788. The molecule has 3 rings (SSSR count). The number of hydrogen-bond acceptors (Lipinski definition) is 4. The summed E-state index contributed by atoms with van der Waals surface area (Å²) in [4.78, 5) is 10.3. The van der Waals surface area contributed by atoms with Crippen LogP contribution in [0.15, 0.2) is 34.3 Å². The van der Waals surface area contributed by atoms with E-state index in [9.17, 15) is 10.2 Å². The third kappa shape index (κ3) is 13.1. The summed E-state index contributed by atoms with van der Waals surface area (Å²) in [5, 5.41) is 22.8. The molecule has 0 radical (unpaired) electrons. The van der Waals surface area contributed by atoms with Gasteiger partial charge in [-0.15, -0.1) is 0 Å². The van der Waals surface area contributed by atoms with E-state index in [2.05, 4.69) is 142 Å². The molecule has 268 valence electrons. The molecular formula is C40H58I4N2O2. The summed E-state index contributed by atoms with van der Waals surface area (Å²) in [6.45, 7) is 8.67. The van der Waals surface area contributed by atoms with Crippen LogP contribution in [-0.4, -0.2) is 52.4 Å². The Morgan fingerprint density at radius 1 is 0.604 bits per heavy atom. The fraction of sp³-hybridized carbons (Fsp3) is 0.650. The molecule has 48 heavy (non-hydrogen) atoms. The van der Waals surface area contributed by atoms with Gasteiger partial charge in [0.25, 0.3) is 0 Å². The summed E-state index contributed by atoms with van der Waals surface area (Å²) in [5.74, 6) is 2.24. The highest BCUT2D eigenvalue weighted by molar-refractivity contribution is 14.1. The van der Waals surface area contributed by atoms with Gasteiger partial charge in [0.2, 0.25) is 0 Å². The Morgan fingerprint density at radius 2 is 0.938 bits per heavy atom. The van der Waals surface area contributed by atoms with E-state index < -0.39 is 0 Å². The summed E-state index contributed by atoms with van der Waals surface area (Å²) in [6, 6.07) is 9.06. The van der Waals surface area contributed by atoms with Gasteiger partial charge >= 0.3 is 0 Å². The number of nitrogens with zero attached hydrogens (tertiary/aromatic N) is 2. The van der Waals surface area contributed by atoms with Crippen molar-refractivity contribution in [3.05, 3.63) is 57.6 Å². The third-order valence-electron chi connectivity index (χ3n) is 9.82. The van der Waals surface area contributed by atoms with E-state index in [1.807, 2.05) is 12.4 Å². The van der Waals surface area contributed by atoms with Crippen molar-refractivity contribution in [2.24, 2.45) is 9.98 Å². The lowest BCUT2D eigenvalue weighted by molar-refractivity contribution is 0.390. The molecule has 1 fully saturated rings. The van der Waals surface area contributed by atoms with Crippen molar-refractivity contribution in [2.75, 3.05) is 17.7 Å². The number of phenols is 2. The minimum absolute atomic E-state index is 0.0596. The van der Waals surface area contributed by atoms with E-state index in [-0.39, 0.29) is 23.9 Å². The number of hydrogen-bond donors (Lipinski definition) is 2. The van der Waals surface area contributed by atoms with Gasteiger partial charge < -0.3 is 10.2 Å². The zero-order valence-corrected chi connectivity index (χ0v) is 38.2. The zero-order chi connectivity index (χ0) is 35.1. The van der Waals surface area contributed by atoms with Gasteiger partial charge in [-0.3, -0.25) is 9.98 Å². The minimum Gasteiger partial charge on any atom is -0.507 e. The first-order chi connectivity index (χ1) is 23.1. The molecular weight excluding hydrogens is 1050 g/mol. The van der Waals surface area contributed by atoms with Crippen LogP contribution in [0.2, 0.25) is 0 Å². The van der Waals surface area contributed by atoms with Crippen LogP contribution in [0.25, 0.3) is 0 Å². The smallest absolute Gasteiger partial charge is 0.127 e. The molecule has 1 aliphatic rings. The van der Waals surface area contributed by atoms with Crippen molar-refractivity contribution in [1.82, 2.24) is 0 Å². The van der Waals surface area contributed by atoms with Crippen molar-refractivity contribution >= 4 is 103 Å². The van der Waals surface area contributed by atoms with Crippen molar-refractivity contribution in [3.8, 4) is 11.5 Å². The highest BCUT2D eigenvalue weighted by atomic mass is 127. The molecule has 0 amide bonds. The van der Waals surface area contributed by atoms with Gasteiger partial charge in [-0.05, 0) is 140 Å². The predicted octanol–water partition coefficient (Wildman–Crippen LogP) is 13.2. The number of halogens is 4. The standard InChI is InChI=1S/C40H58I4N2O2/c1-27(2)35-23-31(29(11-7-17-41)12-8-18-42)21-33(39(35)47)25-45-37-15-5-6-16-38(37)46-26-34-22-32(24-36(28(3)4)40(34)48)30(13-9-19-43)14-10-20-44/h21-30,37-38,47-48H,5-20H2,1-4H3/t37-,38-/m0/s1. The first-order valence-corrected chi connectivity index (χ1v) is 24.3. The average Bonchev–Trinajstić information content (AvgIpc) is 3.07. The van der Waals surface area contributed by atoms with Crippen molar-refractivity contribution in [1.29, 1.82) is 0 Å². The molecule has 0 unspecified atom stereocenters. The first-order valence-electron chi connectivity index (χ1n) is 18.2. The molecule has 2 aromatic carbocycles. The second-order valence-corrected chi connectivity index (χ2v) is 18.4. The van der Waals surface area contributed by atoms with Gasteiger partial charge in [-0.25, -0.2) is 0 Å². The van der Waals surface area contributed by atoms with Gasteiger partial charge in [0.15, 0.2) is 0 Å². The molecule has 0 heterocycles. The number of alkyl halides is 4. The maximum Gasteiger partial charge on any atom is 0.127 e. The lowest BCUT2D eigenvalue weighted by Crippen LogP contribution is -2.27. The summed E-state index contributed by atoms with van der Waals surface area (Å²) < 4.78 is 4.68. The van der Waals surface area contributed by atoms with Crippen LogP contribution in [0.5, 0.6) is 11.5 Å². The van der Waals surface area contributed by atoms with Gasteiger partial charge in [-0.1, -0.05) is 143 Å². The van der Waals surface area contributed by atoms with Crippen LogP contribution in [0, 0.1) is 0 Å². The average molecular weight is 1110 g/mol. The van der Waals surface area contributed by atoms with E-state index in [1.165, 1.54) is 80.2 Å². The normalized spacial score (nSPS) is 17.3. The maximum atomic E-state index is 11.4. The van der Waals surface area contributed by atoms with E-state index in [0.717, 1.165) is 47.9 Å². The third-order valence-corrected chi connectivity index (χ3v) is 12.9. The molecule has 0 spiro atoms. The molecule has 0 saturated heterocycles. The highest BCUT2D eigenvalue weighted by Crippen LogP contribution is 2.38. The largest absolute Gasteiger partial charge is 0.507 e. The Hall–Kier alpha value is 0.300.